The molecular formula is C16H20ClNO2S. The summed E-state index contributed by atoms with van der Waals surface area (Å²) in [6.45, 7) is 7.85. The van der Waals surface area contributed by atoms with Gasteiger partial charge in [-0.3, -0.25) is 0 Å². The van der Waals surface area contributed by atoms with E-state index in [9.17, 15) is 8.42 Å². The number of rotatable bonds is 3. The van der Waals surface area contributed by atoms with Crippen molar-refractivity contribution in [1.29, 1.82) is 0 Å². The zero-order chi connectivity index (χ0) is 15.8. The maximum atomic E-state index is 12.7. The maximum Gasteiger partial charge on any atom is 0.241 e. The van der Waals surface area contributed by atoms with Crippen LogP contribution in [0.25, 0.3) is 10.8 Å². The molecule has 0 spiro atoms. The lowest BCUT2D eigenvalue weighted by Crippen LogP contribution is -2.41. The molecule has 0 saturated heterocycles. The van der Waals surface area contributed by atoms with Gasteiger partial charge in [-0.2, -0.15) is 0 Å². The third kappa shape index (κ3) is 3.39. The van der Waals surface area contributed by atoms with Crippen LogP contribution in [0.2, 0.25) is 5.02 Å². The van der Waals surface area contributed by atoms with E-state index in [4.69, 9.17) is 11.6 Å². The number of benzene rings is 2. The Kier molecular flexibility index (Phi) is 4.34. The van der Waals surface area contributed by atoms with Gasteiger partial charge in [0.25, 0.3) is 0 Å². The summed E-state index contributed by atoms with van der Waals surface area (Å²) in [5.74, 6) is 0. The van der Waals surface area contributed by atoms with Gasteiger partial charge in [0, 0.05) is 16.5 Å². The minimum Gasteiger partial charge on any atom is -0.208 e. The number of nitrogens with one attached hydrogen (secondary N) is 1. The van der Waals surface area contributed by atoms with E-state index in [1.165, 1.54) is 0 Å². The van der Waals surface area contributed by atoms with Crippen molar-refractivity contribution in [2.24, 2.45) is 5.41 Å². The van der Waals surface area contributed by atoms with Crippen LogP contribution in [0.3, 0.4) is 0 Å². The highest BCUT2D eigenvalue weighted by atomic mass is 35.5. The fourth-order valence-electron chi connectivity index (χ4n) is 1.96. The third-order valence-corrected chi connectivity index (χ3v) is 5.63. The van der Waals surface area contributed by atoms with Crippen LogP contribution >= 0.6 is 11.6 Å². The normalized spacial score (nSPS) is 14.3. The number of sulfonamides is 1. The highest BCUT2D eigenvalue weighted by molar-refractivity contribution is 7.89. The zero-order valence-corrected chi connectivity index (χ0v) is 14.2. The van der Waals surface area contributed by atoms with Crippen molar-refractivity contribution in [2.45, 2.75) is 38.6 Å². The Morgan fingerprint density at radius 2 is 1.67 bits per heavy atom. The Labute approximate surface area is 131 Å². The van der Waals surface area contributed by atoms with Crippen molar-refractivity contribution < 1.29 is 8.42 Å². The largest absolute Gasteiger partial charge is 0.241 e. The quantitative estimate of drug-likeness (QED) is 0.919. The average Bonchev–Trinajstić information content (AvgIpc) is 2.37. The Bertz CT molecular complexity index is 758. The van der Waals surface area contributed by atoms with Crippen molar-refractivity contribution in [1.82, 2.24) is 4.72 Å². The molecule has 1 N–H and O–H groups in total. The predicted molar refractivity (Wildman–Crippen MR) is 88.2 cm³/mol. The van der Waals surface area contributed by atoms with E-state index in [1.807, 2.05) is 45.9 Å². The van der Waals surface area contributed by atoms with Gasteiger partial charge in [-0.25, -0.2) is 13.1 Å². The number of halogens is 1. The summed E-state index contributed by atoms with van der Waals surface area (Å²) in [6.07, 6.45) is 0. The molecule has 21 heavy (non-hydrogen) atoms. The smallest absolute Gasteiger partial charge is 0.208 e. The first-order valence-corrected chi connectivity index (χ1v) is 8.68. The van der Waals surface area contributed by atoms with E-state index in [-0.39, 0.29) is 16.4 Å². The van der Waals surface area contributed by atoms with Crippen LogP contribution in [0.1, 0.15) is 27.7 Å². The van der Waals surface area contributed by atoms with Gasteiger partial charge in [-0.05, 0) is 29.9 Å². The molecular weight excluding hydrogens is 306 g/mol. The number of hydrogen-bond donors (Lipinski definition) is 1. The molecule has 2 aromatic rings. The third-order valence-electron chi connectivity index (χ3n) is 3.74. The van der Waals surface area contributed by atoms with Crippen molar-refractivity contribution in [3.8, 4) is 0 Å². The molecule has 0 aliphatic rings. The molecule has 2 rings (SSSR count). The molecule has 0 radical (unpaired) electrons. The summed E-state index contributed by atoms with van der Waals surface area (Å²) >= 11 is 6.20. The van der Waals surface area contributed by atoms with Crippen molar-refractivity contribution in [3.05, 3.63) is 41.4 Å². The second-order valence-corrected chi connectivity index (χ2v) is 8.39. The molecule has 0 aliphatic carbocycles. The fourth-order valence-corrected chi connectivity index (χ4v) is 4.00. The first-order chi connectivity index (χ1) is 9.63. The summed E-state index contributed by atoms with van der Waals surface area (Å²) < 4.78 is 28.1. The lowest BCUT2D eigenvalue weighted by Gasteiger charge is -2.28. The Balaban J connectivity index is 2.56. The second-order valence-electron chi connectivity index (χ2n) is 6.30. The minimum absolute atomic E-state index is 0.165. The Hall–Kier alpha value is -1.10. The molecule has 2 aromatic carbocycles. The van der Waals surface area contributed by atoms with E-state index in [2.05, 4.69) is 4.72 Å². The topological polar surface area (TPSA) is 46.2 Å². The lowest BCUT2D eigenvalue weighted by atomic mass is 9.89. The van der Waals surface area contributed by atoms with Crippen LogP contribution < -0.4 is 4.72 Å². The van der Waals surface area contributed by atoms with E-state index in [0.717, 1.165) is 5.39 Å². The van der Waals surface area contributed by atoms with Gasteiger partial charge in [0.05, 0.1) is 4.90 Å². The van der Waals surface area contributed by atoms with Gasteiger partial charge in [0.1, 0.15) is 0 Å². The summed E-state index contributed by atoms with van der Waals surface area (Å²) in [7, 11) is -3.63. The van der Waals surface area contributed by atoms with E-state index < -0.39 is 10.0 Å². The van der Waals surface area contributed by atoms with Crippen LogP contribution in [0.15, 0.2) is 41.3 Å². The molecule has 3 nitrogen and oxygen atoms in total. The molecule has 0 heterocycles. The van der Waals surface area contributed by atoms with Gasteiger partial charge in [-0.15, -0.1) is 0 Å². The van der Waals surface area contributed by atoms with Crippen molar-refractivity contribution >= 4 is 32.4 Å². The van der Waals surface area contributed by atoms with Crippen LogP contribution in [-0.2, 0) is 10.0 Å². The van der Waals surface area contributed by atoms with Crippen molar-refractivity contribution in [2.75, 3.05) is 0 Å². The van der Waals surface area contributed by atoms with E-state index in [0.29, 0.717) is 10.4 Å². The molecule has 114 valence electrons. The SMILES string of the molecule is CC(NS(=O)(=O)c1cccc2cccc(Cl)c12)C(C)(C)C. The van der Waals surface area contributed by atoms with E-state index >= 15 is 0 Å². The summed E-state index contributed by atoms with van der Waals surface area (Å²) in [5.41, 5.74) is -0.165. The molecule has 0 bridgehead atoms. The van der Waals surface area contributed by atoms with Gasteiger partial charge >= 0.3 is 0 Å². The summed E-state index contributed by atoms with van der Waals surface area (Å²) in [4.78, 5) is 0.224. The standard InChI is InChI=1S/C16H20ClNO2S/c1-11(16(2,3)4)18-21(19,20)14-10-6-8-12-7-5-9-13(17)15(12)14/h5-11,18H,1-4H3. The molecule has 0 fully saturated rings. The molecule has 1 atom stereocenters. The van der Waals surface area contributed by atoms with Crippen LogP contribution in [-0.4, -0.2) is 14.5 Å². The fraction of sp³-hybridized carbons (Fsp3) is 0.375. The summed E-state index contributed by atoms with van der Waals surface area (Å²) in [6, 6.07) is 10.4. The first-order valence-electron chi connectivity index (χ1n) is 6.82. The number of hydrogen-bond acceptors (Lipinski definition) is 2. The predicted octanol–water partition coefficient (Wildman–Crippen LogP) is 4.21. The van der Waals surface area contributed by atoms with Gasteiger partial charge in [0.15, 0.2) is 0 Å². The second kappa shape index (κ2) is 5.59. The van der Waals surface area contributed by atoms with Gasteiger partial charge in [0.2, 0.25) is 10.0 Å². The van der Waals surface area contributed by atoms with Gasteiger partial charge < -0.3 is 0 Å². The summed E-state index contributed by atoms with van der Waals surface area (Å²) in [5, 5.41) is 1.82. The number of fused-ring (bicyclic) bond motifs is 1. The first kappa shape index (κ1) is 16.3. The molecule has 1 unspecified atom stereocenters. The van der Waals surface area contributed by atoms with Crippen LogP contribution in [0, 0.1) is 5.41 Å². The van der Waals surface area contributed by atoms with Crippen LogP contribution in [0.4, 0.5) is 0 Å². The molecule has 5 heteroatoms. The molecule has 0 aromatic heterocycles. The van der Waals surface area contributed by atoms with Crippen LogP contribution in [0.5, 0.6) is 0 Å². The minimum atomic E-state index is -3.63. The highest BCUT2D eigenvalue weighted by Crippen LogP contribution is 2.30. The average molecular weight is 326 g/mol. The highest BCUT2D eigenvalue weighted by Gasteiger charge is 2.27. The molecule has 0 aliphatic heterocycles. The molecule has 0 amide bonds. The van der Waals surface area contributed by atoms with Gasteiger partial charge in [-0.1, -0.05) is 56.6 Å². The lowest BCUT2D eigenvalue weighted by molar-refractivity contribution is 0.318. The van der Waals surface area contributed by atoms with Crippen molar-refractivity contribution in [3.63, 3.8) is 0 Å². The molecule has 0 saturated carbocycles. The maximum absolute atomic E-state index is 12.7. The zero-order valence-electron chi connectivity index (χ0n) is 12.6. The monoisotopic (exact) mass is 325 g/mol. The van der Waals surface area contributed by atoms with E-state index in [1.54, 1.807) is 18.2 Å². The Morgan fingerprint density at radius 3 is 2.24 bits per heavy atom. The Morgan fingerprint density at radius 1 is 1.10 bits per heavy atom.